The van der Waals surface area contributed by atoms with Crippen LogP contribution in [0.25, 0.3) is 0 Å². The quantitative estimate of drug-likeness (QED) is 0.339. The molecule has 0 radical (unpaired) electrons. The fraction of sp³-hybridized carbons (Fsp3) is 0.600. The van der Waals surface area contributed by atoms with Crippen LogP contribution in [0.5, 0.6) is 0 Å². The topological polar surface area (TPSA) is 114 Å². The highest BCUT2D eigenvalue weighted by atomic mass is 32.2. The van der Waals surface area contributed by atoms with Crippen molar-refractivity contribution in [1.29, 1.82) is 0 Å². The first-order valence-electron chi connectivity index (χ1n) is 5.68. The van der Waals surface area contributed by atoms with Crippen LogP contribution in [-0.2, 0) is 17.1 Å². The van der Waals surface area contributed by atoms with Crippen LogP contribution in [0, 0.1) is 6.92 Å². The van der Waals surface area contributed by atoms with E-state index >= 15 is 0 Å². The van der Waals surface area contributed by atoms with Crippen molar-refractivity contribution in [2.45, 2.75) is 31.8 Å². The number of oxime groups is 1. The van der Waals surface area contributed by atoms with Crippen molar-refractivity contribution in [1.82, 2.24) is 13.9 Å². The van der Waals surface area contributed by atoms with Crippen LogP contribution in [0.1, 0.15) is 19.7 Å². The lowest BCUT2D eigenvalue weighted by Crippen LogP contribution is -2.42. The zero-order valence-corrected chi connectivity index (χ0v) is 12.2. The second-order valence-corrected chi connectivity index (χ2v) is 6.31. The van der Waals surface area contributed by atoms with Gasteiger partial charge in [-0.05, 0) is 20.8 Å². The summed E-state index contributed by atoms with van der Waals surface area (Å²) in [5.41, 5.74) is 5.39. The molecule has 0 spiro atoms. The molecule has 0 saturated heterocycles. The predicted octanol–water partition coefficient (Wildman–Crippen LogP) is -0.126. The third-order valence-corrected chi connectivity index (χ3v) is 4.58. The summed E-state index contributed by atoms with van der Waals surface area (Å²) in [5.74, 6) is 0.413. The standard InChI is InChI=1S/C10H19N5O3S/c1-7(2)15(5-9(11)13-16)19(17,18)10-6-14(4)8(3)12-10/h6-7,16H,5H2,1-4H3,(H2,11,13). The van der Waals surface area contributed by atoms with Crippen LogP contribution >= 0.6 is 0 Å². The Labute approximate surface area is 112 Å². The largest absolute Gasteiger partial charge is 0.409 e. The van der Waals surface area contributed by atoms with Crippen molar-refractivity contribution in [2.24, 2.45) is 17.9 Å². The number of hydrogen-bond donors (Lipinski definition) is 2. The monoisotopic (exact) mass is 289 g/mol. The van der Waals surface area contributed by atoms with Gasteiger partial charge < -0.3 is 15.5 Å². The Hall–Kier alpha value is -1.61. The van der Waals surface area contributed by atoms with E-state index in [4.69, 9.17) is 10.9 Å². The maximum absolute atomic E-state index is 12.4. The fourth-order valence-electron chi connectivity index (χ4n) is 1.51. The molecule has 0 unspecified atom stereocenters. The number of imidazole rings is 1. The molecule has 108 valence electrons. The maximum atomic E-state index is 12.4. The summed E-state index contributed by atoms with van der Waals surface area (Å²) in [6.45, 7) is 4.93. The molecule has 1 aromatic rings. The molecule has 0 aliphatic rings. The Morgan fingerprint density at radius 1 is 1.63 bits per heavy atom. The summed E-state index contributed by atoms with van der Waals surface area (Å²) in [7, 11) is -2.06. The molecular weight excluding hydrogens is 270 g/mol. The first-order valence-corrected chi connectivity index (χ1v) is 7.12. The predicted molar refractivity (Wildman–Crippen MR) is 70.4 cm³/mol. The highest BCUT2D eigenvalue weighted by Crippen LogP contribution is 2.17. The molecule has 0 bridgehead atoms. The number of rotatable bonds is 5. The molecule has 0 aliphatic carbocycles. The van der Waals surface area contributed by atoms with E-state index in [9.17, 15) is 8.42 Å². The highest BCUT2D eigenvalue weighted by Gasteiger charge is 2.30. The molecule has 0 aromatic carbocycles. The molecule has 1 rings (SSSR count). The molecule has 8 nitrogen and oxygen atoms in total. The van der Waals surface area contributed by atoms with E-state index in [1.54, 1.807) is 32.4 Å². The van der Waals surface area contributed by atoms with Gasteiger partial charge in [0.05, 0.1) is 6.54 Å². The van der Waals surface area contributed by atoms with E-state index in [1.165, 1.54) is 6.20 Å². The second kappa shape index (κ2) is 5.57. The molecule has 0 fully saturated rings. The molecule has 0 amide bonds. The minimum absolute atomic E-state index is 0.0491. The molecule has 19 heavy (non-hydrogen) atoms. The van der Waals surface area contributed by atoms with Gasteiger partial charge in [-0.15, -0.1) is 0 Å². The number of aromatic nitrogens is 2. The summed E-state index contributed by atoms with van der Waals surface area (Å²) < 4.78 is 27.6. The average Bonchev–Trinajstić information content (AvgIpc) is 2.66. The summed E-state index contributed by atoms with van der Waals surface area (Å²) >= 11 is 0. The number of aryl methyl sites for hydroxylation is 2. The lowest BCUT2D eigenvalue weighted by Gasteiger charge is -2.23. The average molecular weight is 289 g/mol. The molecular formula is C10H19N5O3S. The number of nitrogens with two attached hydrogens (primary N) is 1. The molecule has 9 heteroatoms. The van der Waals surface area contributed by atoms with Gasteiger partial charge in [0.1, 0.15) is 5.82 Å². The molecule has 1 aromatic heterocycles. The van der Waals surface area contributed by atoms with Gasteiger partial charge >= 0.3 is 0 Å². The number of hydrogen-bond acceptors (Lipinski definition) is 5. The zero-order valence-electron chi connectivity index (χ0n) is 11.4. The van der Waals surface area contributed by atoms with Crippen LogP contribution in [0.2, 0.25) is 0 Å². The van der Waals surface area contributed by atoms with Crippen LogP contribution in [0.4, 0.5) is 0 Å². The van der Waals surface area contributed by atoms with Gasteiger partial charge in [-0.25, -0.2) is 13.4 Å². The van der Waals surface area contributed by atoms with Gasteiger partial charge in [0, 0.05) is 19.3 Å². The minimum Gasteiger partial charge on any atom is -0.409 e. The van der Waals surface area contributed by atoms with Gasteiger partial charge in [0.15, 0.2) is 10.9 Å². The first kappa shape index (κ1) is 15.4. The summed E-state index contributed by atoms with van der Waals surface area (Å²) in [4.78, 5) is 4.01. The lowest BCUT2D eigenvalue weighted by atomic mass is 10.4. The SMILES string of the molecule is Cc1nc(S(=O)(=O)N(CC(N)=NO)C(C)C)cn1C. The zero-order chi connectivity index (χ0) is 14.8. The molecule has 0 saturated carbocycles. The van der Waals surface area contributed by atoms with E-state index in [-0.39, 0.29) is 23.4 Å². The first-order chi connectivity index (χ1) is 8.70. The van der Waals surface area contributed by atoms with Crippen molar-refractivity contribution in [2.75, 3.05) is 6.54 Å². The maximum Gasteiger partial charge on any atom is 0.262 e. The Morgan fingerprint density at radius 2 is 2.21 bits per heavy atom. The number of sulfonamides is 1. The highest BCUT2D eigenvalue weighted by molar-refractivity contribution is 7.89. The van der Waals surface area contributed by atoms with Crippen molar-refractivity contribution >= 4 is 15.9 Å². The molecule has 0 aliphatic heterocycles. The Balaban J connectivity index is 3.20. The van der Waals surface area contributed by atoms with Crippen molar-refractivity contribution < 1.29 is 13.6 Å². The van der Waals surface area contributed by atoms with Gasteiger partial charge in [0.25, 0.3) is 10.0 Å². The van der Waals surface area contributed by atoms with Gasteiger partial charge in [-0.1, -0.05) is 5.16 Å². The molecule has 3 N–H and O–H groups in total. The lowest BCUT2D eigenvalue weighted by molar-refractivity contribution is 0.312. The van der Waals surface area contributed by atoms with Gasteiger partial charge in [-0.2, -0.15) is 4.31 Å². The fourth-order valence-corrected chi connectivity index (χ4v) is 3.14. The number of amidine groups is 1. The van der Waals surface area contributed by atoms with Crippen molar-refractivity contribution in [3.8, 4) is 0 Å². The van der Waals surface area contributed by atoms with Crippen molar-refractivity contribution in [3.05, 3.63) is 12.0 Å². The van der Waals surface area contributed by atoms with Crippen LogP contribution in [0.3, 0.4) is 0 Å². The van der Waals surface area contributed by atoms with Crippen LogP contribution in [-0.4, -0.2) is 45.9 Å². The number of nitrogens with zero attached hydrogens (tertiary/aromatic N) is 4. The Bertz CT molecular complexity index is 556. The Morgan fingerprint density at radius 3 is 2.58 bits per heavy atom. The van der Waals surface area contributed by atoms with Crippen LogP contribution < -0.4 is 5.73 Å². The summed E-state index contributed by atoms with van der Waals surface area (Å²) in [6, 6.07) is -0.340. The smallest absolute Gasteiger partial charge is 0.262 e. The van der Waals surface area contributed by atoms with Crippen molar-refractivity contribution in [3.63, 3.8) is 0 Å². The summed E-state index contributed by atoms with van der Waals surface area (Å²) in [6.07, 6.45) is 1.44. The van der Waals surface area contributed by atoms with E-state index in [1.807, 2.05) is 0 Å². The van der Waals surface area contributed by atoms with Gasteiger partial charge in [-0.3, -0.25) is 0 Å². The molecule has 1 heterocycles. The van der Waals surface area contributed by atoms with E-state index in [0.29, 0.717) is 5.82 Å². The summed E-state index contributed by atoms with van der Waals surface area (Å²) in [5, 5.41) is 11.3. The van der Waals surface area contributed by atoms with E-state index < -0.39 is 10.0 Å². The van der Waals surface area contributed by atoms with Gasteiger partial charge in [0.2, 0.25) is 0 Å². The Kier molecular flexibility index (Phi) is 4.53. The van der Waals surface area contributed by atoms with Crippen LogP contribution in [0.15, 0.2) is 16.4 Å². The van der Waals surface area contributed by atoms with E-state index in [2.05, 4.69) is 10.1 Å². The minimum atomic E-state index is -3.78. The normalized spacial score (nSPS) is 13.5. The third-order valence-electron chi connectivity index (χ3n) is 2.68. The van der Waals surface area contributed by atoms with E-state index in [0.717, 1.165) is 4.31 Å². The molecule has 0 atom stereocenters. The second-order valence-electron chi connectivity index (χ2n) is 4.47. The third kappa shape index (κ3) is 3.24.